The standard InChI is InChI=1S/C14H16N4/c1-10-13(7-12(8-15)18(10)4)11-5-6-14(16-9-11)17(2)3/h5-7,9H,1-4H3. The predicted octanol–water partition coefficient (Wildman–Crippen LogP) is 2.33. The zero-order chi connectivity index (χ0) is 13.3. The highest BCUT2D eigenvalue weighted by Crippen LogP contribution is 2.26. The molecule has 0 aromatic carbocycles. The highest BCUT2D eigenvalue weighted by Gasteiger charge is 2.10. The second-order valence-electron chi connectivity index (χ2n) is 4.50. The minimum absolute atomic E-state index is 0.666. The van der Waals surface area contributed by atoms with Crippen LogP contribution in [0, 0.1) is 18.3 Å². The first kappa shape index (κ1) is 12.2. The van der Waals surface area contributed by atoms with Crippen molar-refractivity contribution in [1.82, 2.24) is 9.55 Å². The van der Waals surface area contributed by atoms with E-state index in [1.54, 1.807) is 0 Å². The normalized spacial score (nSPS) is 10.2. The zero-order valence-electron chi connectivity index (χ0n) is 11.1. The Morgan fingerprint density at radius 2 is 2.06 bits per heavy atom. The summed E-state index contributed by atoms with van der Waals surface area (Å²) in [7, 11) is 5.83. The van der Waals surface area contributed by atoms with E-state index < -0.39 is 0 Å². The Balaban J connectivity index is 2.47. The van der Waals surface area contributed by atoms with Crippen molar-refractivity contribution < 1.29 is 0 Å². The van der Waals surface area contributed by atoms with Crippen molar-refractivity contribution in [2.75, 3.05) is 19.0 Å². The molecule has 0 aliphatic rings. The van der Waals surface area contributed by atoms with Gasteiger partial charge in [0.25, 0.3) is 0 Å². The lowest BCUT2D eigenvalue weighted by Gasteiger charge is -2.11. The van der Waals surface area contributed by atoms with Gasteiger partial charge in [-0.05, 0) is 25.1 Å². The number of nitrogens with zero attached hydrogens (tertiary/aromatic N) is 4. The van der Waals surface area contributed by atoms with Crippen molar-refractivity contribution in [1.29, 1.82) is 5.26 Å². The monoisotopic (exact) mass is 240 g/mol. The Kier molecular flexibility index (Phi) is 3.07. The molecule has 0 aliphatic carbocycles. The minimum atomic E-state index is 0.666. The van der Waals surface area contributed by atoms with E-state index in [2.05, 4.69) is 11.1 Å². The van der Waals surface area contributed by atoms with Gasteiger partial charge in [-0.25, -0.2) is 4.98 Å². The van der Waals surface area contributed by atoms with Crippen molar-refractivity contribution in [3.63, 3.8) is 0 Å². The first-order chi connectivity index (χ1) is 8.54. The van der Waals surface area contributed by atoms with Gasteiger partial charge in [0.15, 0.2) is 0 Å². The molecule has 2 aromatic rings. The maximum atomic E-state index is 9.03. The van der Waals surface area contributed by atoms with Crippen LogP contribution < -0.4 is 4.90 Å². The molecule has 0 unspecified atom stereocenters. The summed E-state index contributed by atoms with van der Waals surface area (Å²) >= 11 is 0. The highest BCUT2D eigenvalue weighted by molar-refractivity contribution is 5.68. The van der Waals surface area contributed by atoms with E-state index in [1.807, 2.05) is 61.9 Å². The van der Waals surface area contributed by atoms with Gasteiger partial charge in [-0.15, -0.1) is 0 Å². The Morgan fingerprint density at radius 1 is 1.33 bits per heavy atom. The zero-order valence-corrected chi connectivity index (χ0v) is 11.1. The van der Waals surface area contributed by atoms with E-state index in [0.29, 0.717) is 5.69 Å². The molecule has 0 atom stereocenters. The van der Waals surface area contributed by atoms with Crippen LogP contribution in [0.5, 0.6) is 0 Å². The topological polar surface area (TPSA) is 44.9 Å². The summed E-state index contributed by atoms with van der Waals surface area (Å²) in [5, 5.41) is 9.03. The number of nitriles is 1. The van der Waals surface area contributed by atoms with Crippen molar-refractivity contribution in [2.24, 2.45) is 7.05 Å². The first-order valence-corrected chi connectivity index (χ1v) is 5.74. The largest absolute Gasteiger partial charge is 0.363 e. The second kappa shape index (κ2) is 4.53. The maximum absolute atomic E-state index is 9.03. The summed E-state index contributed by atoms with van der Waals surface area (Å²) in [4.78, 5) is 6.35. The molecule has 0 N–H and O–H groups in total. The van der Waals surface area contributed by atoms with Crippen molar-refractivity contribution >= 4 is 5.82 Å². The molecular formula is C14H16N4. The van der Waals surface area contributed by atoms with Gasteiger partial charge in [-0.3, -0.25) is 0 Å². The van der Waals surface area contributed by atoms with Gasteiger partial charge in [0, 0.05) is 44.2 Å². The fraction of sp³-hybridized carbons (Fsp3) is 0.286. The van der Waals surface area contributed by atoms with Gasteiger partial charge in [0.2, 0.25) is 0 Å². The van der Waals surface area contributed by atoms with Gasteiger partial charge in [0.05, 0.1) is 0 Å². The quantitative estimate of drug-likeness (QED) is 0.809. The fourth-order valence-electron chi connectivity index (χ4n) is 1.91. The van der Waals surface area contributed by atoms with Crippen LogP contribution in [-0.2, 0) is 7.05 Å². The van der Waals surface area contributed by atoms with Crippen LogP contribution in [0.1, 0.15) is 11.4 Å². The maximum Gasteiger partial charge on any atom is 0.127 e. The number of anilines is 1. The molecule has 0 saturated heterocycles. The van der Waals surface area contributed by atoms with E-state index in [0.717, 1.165) is 22.6 Å². The van der Waals surface area contributed by atoms with Crippen LogP contribution in [0.2, 0.25) is 0 Å². The molecule has 0 aliphatic heterocycles. The average Bonchev–Trinajstić information content (AvgIpc) is 2.66. The molecule has 0 fully saturated rings. The summed E-state index contributed by atoms with van der Waals surface area (Å²) in [6, 6.07) is 8.11. The SMILES string of the molecule is Cc1c(-c2ccc(N(C)C)nc2)cc(C#N)n1C. The minimum Gasteiger partial charge on any atom is -0.363 e. The lowest BCUT2D eigenvalue weighted by molar-refractivity contribution is 0.867. The van der Waals surface area contributed by atoms with Gasteiger partial charge in [-0.1, -0.05) is 0 Å². The van der Waals surface area contributed by atoms with E-state index in [4.69, 9.17) is 5.26 Å². The average molecular weight is 240 g/mol. The molecule has 2 aromatic heterocycles. The Hall–Kier alpha value is -2.28. The van der Waals surface area contributed by atoms with E-state index in [9.17, 15) is 0 Å². The number of pyridine rings is 1. The van der Waals surface area contributed by atoms with Crippen LogP contribution in [-0.4, -0.2) is 23.6 Å². The molecule has 0 saturated carbocycles. The van der Waals surface area contributed by atoms with Gasteiger partial charge in [0.1, 0.15) is 17.6 Å². The van der Waals surface area contributed by atoms with Crippen LogP contribution in [0.4, 0.5) is 5.82 Å². The van der Waals surface area contributed by atoms with Crippen molar-refractivity contribution in [2.45, 2.75) is 6.92 Å². The summed E-state index contributed by atoms with van der Waals surface area (Å²) in [6.07, 6.45) is 1.85. The summed E-state index contributed by atoms with van der Waals surface area (Å²) in [5.41, 5.74) is 3.84. The van der Waals surface area contributed by atoms with Crippen molar-refractivity contribution in [3.8, 4) is 17.2 Å². The second-order valence-corrected chi connectivity index (χ2v) is 4.50. The lowest BCUT2D eigenvalue weighted by atomic mass is 10.1. The highest BCUT2D eigenvalue weighted by atomic mass is 15.1. The number of hydrogen-bond donors (Lipinski definition) is 0. The summed E-state index contributed by atoms with van der Waals surface area (Å²) in [5.74, 6) is 0.924. The van der Waals surface area contributed by atoms with Gasteiger partial charge >= 0.3 is 0 Å². The van der Waals surface area contributed by atoms with Crippen molar-refractivity contribution in [3.05, 3.63) is 35.8 Å². The molecule has 92 valence electrons. The Labute approximate surface area is 107 Å². The molecule has 0 bridgehead atoms. The molecule has 0 amide bonds. The number of rotatable bonds is 2. The molecule has 18 heavy (non-hydrogen) atoms. The molecule has 4 heteroatoms. The van der Waals surface area contributed by atoms with Gasteiger partial charge < -0.3 is 9.47 Å². The van der Waals surface area contributed by atoms with E-state index in [-0.39, 0.29) is 0 Å². The summed E-state index contributed by atoms with van der Waals surface area (Å²) in [6.45, 7) is 2.01. The van der Waals surface area contributed by atoms with Gasteiger partial charge in [-0.2, -0.15) is 5.26 Å². The molecule has 0 spiro atoms. The molecule has 2 heterocycles. The third-order valence-electron chi connectivity index (χ3n) is 3.17. The lowest BCUT2D eigenvalue weighted by Crippen LogP contribution is -2.09. The third kappa shape index (κ3) is 1.95. The number of aromatic nitrogens is 2. The first-order valence-electron chi connectivity index (χ1n) is 5.74. The fourth-order valence-corrected chi connectivity index (χ4v) is 1.91. The van der Waals surface area contributed by atoms with Crippen LogP contribution in [0.15, 0.2) is 24.4 Å². The van der Waals surface area contributed by atoms with Crippen LogP contribution in [0.3, 0.4) is 0 Å². The molecular weight excluding hydrogens is 224 g/mol. The Bertz CT molecular complexity index is 600. The molecule has 0 radical (unpaired) electrons. The summed E-state index contributed by atoms with van der Waals surface area (Å²) < 4.78 is 1.90. The smallest absolute Gasteiger partial charge is 0.127 e. The molecule has 4 nitrogen and oxygen atoms in total. The Morgan fingerprint density at radius 3 is 2.50 bits per heavy atom. The predicted molar refractivity (Wildman–Crippen MR) is 72.4 cm³/mol. The molecule has 2 rings (SSSR count). The number of hydrogen-bond acceptors (Lipinski definition) is 3. The van der Waals surface area contributed by atoms with Crippen LogP contribution in [0.25, 0.3) is 11.1 Å². The van der Waals surface area contributed by atoms with E-state index in [1.165, 1.54) is 0 Å². The third-order valence-corrected chi connectivity index (χ3v) is 3.17. The van der Waals surface area contributed by atoms with Crippen LogP contribution >= 0.6 is 0 Å². The van der Waals surface area contributed by atoms with E-state index >= 15 is 0 Å².